The van der Waals surface area contributed by atoms with Crippen molar-refractivity contribution < 1.29 is 9.90 Å². The molecule has 0 fully saturated rings. The Kier molecular flexibility index (Phi) is 3.93. The molecule has 1 N–H and O–H groups in total. The van der Waals surface area contributed by atoms with Crippen LogP contribution in [0.25, 0.3) is 0 Å². The lowest BCUT2D eigenvalue weighted by molar-refractivity contribution is -0.118. The van der Waals surface area contributed by atoms with Gasteiger partial charge < -0.3 is 5.11 Å². The van der Waals surface area contributed by atoms with E-state index in [4.69, 9.17) is 23.2 Å². The SMILES string of the molecule is CC(=O)C[C@@H](O)c1cc(Cl)cc(Cl)c1. The first kappa shape index (κ1) is 11.5. The van der Waals surface area contributed by atoms with Gasteiger partial charge in [-0.2, -0.15) is 0 Å². The number of hydrogen-bond donors (Lipinski definition) is 1. The van der Waals surface area contributed by atoms with Crippen LogP contribution in [0.5, 0.6) is 0 Å². The Morgan fingerprint density at radius 2 is 1.86 bits per heavy atom. The van der Waals surface area contributed by atoms with Crippen molar-refractivity contribution in [3.63, 3.8) is 0 Å². The molecule has 0 amide bonds. The fourth-order valence-electron chi connectivity index (χ4n) is 1.16. The van der Waals surface area contributed by atoms with E-state index in [0.29, 0.717) is 15.6 Å². The molecule has 0 saturated heterocycles. The van der Waals surface area contributed by atoms with Crippen LogP contribution in [-0.4, -0.2) is 10.9 Å². The van der Waals surface area contributed by atoms with Crippen molar-refractivity contribution >= 4 is 29.0 Å². The van der Waals surface area contributed by atoms with Crippen molar-refractivity contribution in [2.45, 2.75) is 19.4 Å². The second-order valence-corrected chi connectivity index (χ2v) is 4.00. The molecule has 2 nitrogen and oxygen atoms in total. The van der Waals surface area contributed by atoms with Gasteiger partial charge in [-0.15, -0.1) is 0 Å². The zero-order valence-corrected chi connectivity index (χ0v) is 9.14. The van der Waals surface area contributed by atoms with Gasteiger partial charge in [-0.3, -0.25) is 4.79 Å². The Hall–Kier alpha value is -0.570. The molecule has 0 spiro atoms. The van der Waals surface area contributed by atoms with E-state index in [9.17, 15) is 9.90 Å². The highest BCUT2D eigenvalue weighted by atomic mass is 35.5. The van der Waals surface area contributed by atoms with Crippen molar-refractivity contribution in [2.75, 3.05) is 0 Å². The van der Waals surface area contributed by atoms with Gasteiger partial charge in [-0.1, -0.05) is 23.2 Å². The van der Waals surface area contributed by atoms with E-state index >= 15 is 0 Å². The quantitative estimate of drug-likeness (QED) is 0.871. The molecule has 0 aliphatic carbocycles. The molecule has 1 rings (SSSR count). The molecule has 0 heterocycles. The standard InChI is InChI=1S/C10H10Cl2O2/c1-6(13)2-10(14)7-3-8(11)5-9(12)4-7/h3-5,10,14H,2H2,1H3/t10-/m1/s1. The third-order valence-electron chi connectivity index (χ3n) is 1.75. The Morgan fingerprint density at radius 3 is 2.29 bits per heavy atom. The van der Waals surface area contributed by atoms with E-state index in [1.165, 1.54) is 6.92 Å². The number of rotatable bonds is 3. The lowest BCUT2D eigenvalue weighted by Gasteiger charge is -2.09. The molecule has 4 heteroatoms. The summed E-state index contributed by atoms with van der Waals surface area (Å²) in [4.78, 5) is 10.8. The van der Waals surface area contributed by atoms with E-state index in [1.807, 2.05) is 0 Å². The molecule has 76 valence electrons. The van der Waals surface area contributed by atoms with E-state index < -0.39 is 6.10 Å². The van der Waals surface area contributed by atoms with Crippen molar-refractivity contribution in [3.8, 4) is 0 Å². The van der Waals surface area contributed by atoms with Crippen LogP contribution in [-0.2, 0) is 4.79 Å². The van der Waals surface area contributed by atoms with Crippen LogP contribution in [0.4, 0.5) is 0 Å². The predicted molar refractivity (Wildman–Crippen MR) is 56.7 cm³/mol. The molecule has 1 aromatic rings. The topological polar surface area (TPSA) is 37.3 Å². The molecule has 0 aromatic heterocycles. The van der Waals surface area contributed by atoms with Gasteiger partial charge >= 0.3 is 0 Å². The molecule has 0 radical (unpaired) electrons. The highest BCUT2D eigenvalue weighted by molar-refractivity contribution is 6.34. The first-order valence-electron chi connectivity index (χ1n) is 4.12. The van der Waals surface area contributed by atoms with Gasteiger partial charge in [0.25, 0.3) is 0 Å². The highest BCUT2D eigenvalue weighted by Crippen LogP contribution is 2.25. The maximum absolute atomic E-state index is 10.8. The summed E-state index contributed by atoms with van der Waals surface area (Å²) < 4.78 is 0. The summed E-state index contributed by atoms with van der Waals surface area (Å²) in [6.45, 7) is 1.43. The third-order valence-corrected chi connectivity index (χ3v) is 2.19. The Balaban J connectivity index is 2.89. The fourth-order valence-corrected chi connectivity index (χ4v) is 1.70. The van der Waals surface area contributed by atoms with Crippen LogP contribution in [0.15, 0.2) is 18.2 Å². The Bertz CT molecular complexity index is 330. The number of carbonyl (C=O) groups excluding carboxylic acids is 1. The second kappa shape index (κ2) is 4.78. The molecule has 0 aliphatic heterocycles. The maximum atomic E-state index is 10.8. The predicted octanol–water partition coefficient (Wildman–Crippen LogP) is 3.01. The lowest BCUT2D eigenvalue weighted by atomic mass is 10.1. The molecule has 0 saturated carbocycles. The summed E-state index contributed by atoms with van der Waals surface area (Å²) in [5.74, 6) is -0.0754. The first-order chi connectivity index (χ1) is 6.49. The maximum Gasteiger partial charge on any atom is 0.132 e. The molecule has 1 aromatic carbocycles. The Morgan fingerprint density at radius 1 is 1.36 bits per heavy atom. The van der Waals surface area contributed by atoms with E-state index in [0.717, 1.165) is 0 Å². The molecular formula is C10H10Cl2O2. The molecule has 0 bridgehead atoms. The second-order valence-electron chi connectivity index (χ2n) is 3.12. The molecule has 0 aliphatic rings. The van der Waals surface area contributed by atoms with Crippen LogP contribution in [0.2, 0.25) is 10.0 Å². The number of ketones is 1. The van der Waals surface area contributed by atoms with Crippen LogP contribution in [0.3, 0.4) is 0 Å². The summed E-state index contributed by atoms with van der Waals surface area (Å²) in [5.41, 5.74) is 0.567. The number of benzene rings is 1. The monoisotopic (exact) mass is 232 g/mol. The molecular weight excluding hydrogens is 223 g/mol. The normalized spacial score (nSPS) is 12.6. The van der Waals surface area contributed by atoms with Gasteiger partial charge in [0.2, 0.25) is 0 Å². The molecule has 1 atom stereocenters. The average molecular weight is 233 g/mol. The van der Waals surface area contributed by atoms with Crippen molar-refractivity contribution in [1.29, 1.82) is 0 Å². The van der Waals surface area contributed by atoms with Crippen LogP contribution < -0.4 is 0 Å². The van der Waals surface area contributed by atoms with Gasteiger partial charge in [-0.25, -0.2) is 0 Å². The average Bonchev–Trinajstić information content (AvgIpc) is 2.00. The minimum atomic E-state index is -0.830. The third kappa shape index (κ3) is 3.29. The summed E-state index contributed by atoms with van der Waals surface area (Å²) in [5, 5.41) is 10.5. The largest absolute Gasteiger partial charge is 0.388 e. The summed E-state index contributed by atoms with van der Waals surface area (Å²) >= 11 is 11.5. The lowest BCUT2D eigenvalue weighted by Crippen LogP contribution is -2.03. The zero-order valence-electron chi connectivity index (χ0n) is 7.63. The van der Waals surface area contributed by atoms with Gasteiger partial charge in [-0.05, 0) is 30.7 Å². The Labute approximate surface area is 92.5 Å². The van der Waals surface area contributed by atoms with Crippen molar-refractivity contribution in [1.82, 2.24) is 0 Å². The van der Waals surface area contributed by atoms with Crippen molar-refractivity contribution in [3.05, 3.63) is 33.8 Å². The van der Waals surface area contributed by atoms with E-state index in [-0.39, 0.29) is 12.2 Å². The number of halogens is 2. The van der Waals surface area contributed by atoms with Crippen molar-refractivity contribution in [2.24, 2.45) is 0 Å². The highest BCUT2D eigenvalue weighted by Gasteiger charge is 2.11. The van der Waals surface area contributed by atoms with Gasteiger partial charge in [0.1, 0.15) is 5.78 Å². The summed E-state index contributed by atoms with van der Waals surface area (Å²) in [6, 6.07) is 4.77. The number of carbonyl (C=O) groups is 1. The van der Waals surface area contributed by atoms with E-state index in [1.54, 1.807) is 18.2 Å². The first-order valence-corrected chi connectivity index (χ1v) is 4.88. The minimum absolute atomic E-state index is 0.0754. The number of aliphatic hydroxyl groups is 1. The summed E-state index contributed by atoms with van der Waals surface area (Å²) in [6.07, 6.45) is -0.750. The van der Waals surface area contributed by atoms with Crippen LogP contribution >= 0.6 is 23.2 Å². The van der Waals surface area contributed by atoms with Gasteiger partial charge in [0.15, 0.2) is 0 Å². The molecule has 14 heavy (non-hydrogen) atoms. The smallest absolute Gasteiger partial charge is 0.132 e. The minimum Gasteiger partial charge on any atom is -0.388 e. The van der Waals surface area contributed by atoms with Crippen LogP contribution in [0.1, 0.15) is 25.0 Å². The number of hydrogen-bond acceptors (Lipinski definition) is 2. The molecule has 0 unspecified atom stereocenters. The van der Waals surface area contributed by atoms with Gasteiger partial charge in [0.05, 0.1) is 6.10 Å². The number of Topliss-reactive ketones (excluding diaryl/α,β-unsaturated/α-hetero) is 1. The summed E-state index contributed by atoms with van der Waals surface area (Å²) in [7, 11) is 0. The zero-order chi connectivity index (χ0) is 10.7. The number of aliphatic hydroxyl groups excluding tert-OH is 1. The van der Waals surface area contributed by atoms with Gasteiger partial charge in [0, 0.05) is 16.5 Å². The van der Waals surface area contributed by atoms with E-state index in [2.05, 4.69) is 0 Å². The van der Waals surface area contributed by atoms with Crippen LogP contribution in [0, 0.1) is 0 Å². The fraction of sp³-hybridized carbons (Fsp3) is 0.300.